The van der Waals surface area contributed by atoms with Crippen LogP contribution in [0.1, 0.15) is 22.3 Å². The maximum atomic E-state index is 12.4. The van der Waals surface area contributed by atoms with Crippen LogP contribution in [0.5, 0.6) is 0 Å². The summed E-state index contributed by atoms with van der Waals surface area (Å²) < 4.78 is 6.15. The molecule has 102 valence electrons. The molecule has 0 N–H and O–H groups in total. The van der Waals surface area contributed by atoms with Crippen LogP contribution >= 0.6 is 15.9 Å². The van der Waals surface area contributed by atoms with E-state index in [2.05, 4.69) is 22.0 Å². The van der Waals surface area contributed by atoms with Gasteiger partial charge >= 0.3 is 0 Å². The van der Waals surface area contributed by atoms with E-state index in [-0.39, 0.29) is 5.91 Å². The summed E-state index contributed by atoms with van der Waals surface area (Å²) in [6, 6.07) is 5.73. The van der Waals surface area contributed by atoms with Gasteiger partial charge in [-0.25, -0.2) is 0 Å². The van der Waals surface area contributed by atoms with E-state index < -0.39 is 0 Å². The normalized spacial score (nSPS) is 15.3. The second-order valence-corrected chi connectivity index (χ2v) is 5.61. The fourth-order valence-corrected chi connectivity index (χ4v) is 2.42. The van der Waals surface area contributed by atoms with E-state index in [9.17, 15) is 4.79 Å². The molecule has 0 radical (unpaired) electrons. The molecular formula is C15H18BrNO2. The molecule has 0 saturated heterocycles. The average Bonchev–Trinajstić information content (AvgIpc) is 2.42. The van der Waals surface area contributed by atoms with Crippen molar-refractivity contribution in [2.45, 2.75) is 13.3 Å². The highest BCUT2D eigenvalue weighted by molar-refractivity contribution is 9.10. The molecule has 0 spiro atoms. The van der Waals surface area contributed by atoms with Crippen molar-refractivity contribution in [2.24, 2.45) is 0 Å². The maximum Gasteiger partial charge on any atom is 0.254 e. The molecule has 2 rings (SSSR count). The van der Waals surface area contributed by atoms with Crippen LogP contribution in [0.3, 0.4) is 0 Å². The van der Waals surface area contributed by atoms with Crippen LogP contribution in [0.2, 0.25) is 0 Å². The fraction of sp³-hybridized carbons (Fsp3) is 0.400. The number of amides is 1. The summed E-state index contributed by atoms with van der Waals surface area (Å²) in [7, 11) is 1.70. The van der Waals surface area contributed by atoms with Gasteiger partial charge in [-0.15, -0.1) is 0 Å². The maximum absolute atomic E-state index is 12.4. The molecule has 1 amide bonds. The van der Waals surface area contributed by atoms with Gasteiger partial charge in [0, 0.05) is 30.2 Å². The highest BCUT2D eigenvalue weighted by Gasteiger charge is 2.18. The Balaban J connectivity index is 2.07. The molecule has 4 heteroatoms. The van der Waals surface area contributed by atoms with E-state index in [1.165, 1.54) is 5.57 Å². The SMILES string of the molecule is COCC1=CCN(C(=O)c2ccc(Br)c(C)c2)CC1. The van der Waals surface area contributed by atoms with Crippen LogP contribution in [0.25, 0.3) is 0 Å². The number of ether oxygens (including phenoxy) is 1. The lowest BCUT2D eigenvalue weighted by Crippen LogP contribution is -2.35. The van der Waals surface area contributed by atoms with Crippen LogP contribution in [-0.2, 0) is 4.74 Å². The van der Waals surface area contributed by atoms with Gasteiger partial charge in [-0.3, -0.25) is 4.79 Å². The summed E-state index contributed by atoms with van der Waals surface area (Å²) in [6.07, 6.45) is 2.99. The van der Waals surface area contributed by atoms with Crippen molar-refractivity contribution in [1.29, 1.82) is 0 Å². The lowest BCUT2D eigenvalue weighted by atomic mass is 10.1. The molecule has 19 heavy (non-hydrogen) atoms. The zero-order chi connectivity index (χ0) is 13.8. The van der Waals surface area contributed by atoms with Crippen LogP contribution in [0.15, 0.2) is 34.3 Å². The van der Waals surface area contributed by atoms with E-state index >= 15 is 0 Å². The molecule has 0 saturated carbocycles. The van der Waals surface area contributed by atoms with Gasteiger partial charge in [-0.2, -0.15) is 0 Å². The smallest absolute Gasteiger partial charge is 0.254 e. The summed E-state index contributed by atoms with van der Waals surface area (Å²) in [4.78, 5) is 14.3. The average molecular weight is 324 g/mol. The highest BCUT2D eigenvalue weighted by atomic mass is 79.9. The number of aryl methyl sites for hydroxylation is 1. The number of nitrogens with zero attached hydrogens (tertiary/aromatic N) is 1. The fourth-order valence-electron chi connectivity index (χ4n) is 2.17. The molecular weight excluding hydrogens is 306 g/mol. The number of rotatable bonds is 3. The molecule has 1 aliphatic rings. The Bertz CT molecular complexity index is 511. The van der Waals surface area contributed by atoms with Crippen molar-refractivity contribution in [3.63, 3.8) is 0 Å². The van der Waals surface area contributed by atoms with Gasteiger partial charge in [-0.05, 0) is 42.7 Å². The lowest BCUT2D eigenvalue weighted by Gasteiger charge is -2.26. The minimum absolute atomic E-state index is 0.100. The van der Waals surface area contributed by atoms with Crippen LogP contribution in [-0.4, -0.2) is 37.6 Å². The summed E-state index contributed by atoms with van der Waals surface area (Å²) in [5.41, 5.74) is 3.11. The Hall–Kier alpha value is -1.13. The predicted molar refractivity (Wildman–Crippen MR) is 79.4 cm³/mol. The molecule has 1 aromatic carbocycles. The van der Waals surface area contributed by atoms with E-state index in [0.29, 0.717) is 13.2 Å². The van der Waals surface area contributed by atoms with E-state index in [1.54, 1.807) is 7.11 Å². The zero-order valence-corrected chi connectivity index (χ0v) is 12.9. The number of hydrogen-bond donors (Lipinski definition) is 0. The zero-order valence-electron chi connectivity index (χ0n) is 11.3. The quantitative estimate of drug-likeness (QED) is 0.799. The molecule has 1 aromatic rings. The van der Waals surface area contributed by atoms with Crippen LogP contribution in [0, 0.1) is 6.92 Å². The molecule has 0 fully saturated rings. The van der Waals surface area contributed by atoms with E-state index in [4.69, 9.17) is 4.74 Å². The third-order valence-electron chi connectivity index (χ3n) is 3.33. The molecule has 0 aromatic heterocycles. The van der Waals surface area contributed by atoms with Gasteiger partial charge in [0.1, 0.15) is 0 Å². The number of carbonyl (C=O) groups excluding carboxylic acids is 1. The second-order valence-electron chi connectivity index (χ2n) is 4.76. The Morgan fingerprint density at radius 3 is 2.84 bits per heavy atom. The lowest BCUT2D eigenvalue weighted by molar-refractivity contribution is 0.0765. The minimum Gasteiger partial charge on any atom is -0.380 e. The highest BCUT2D eigenvalue weighted by Crippen LogP contribution is 2.19. The molecule has 1 heterocycles. The summed E-state index contributed by atoms with van der Waals surface area (Å²) >= 11 is 3.45. The topological polar surface area (TPSA) is 29.5 Å². The Morgan fingerprint density at radius 1 is 1.47 bits per heavy atom. The van der Waals surface area contributed by atoms with E-state index in [1.807, 2.05) is 30.0 Å². The first-order valence-electron chi connectivity index (χ1n) is 6.34. The summed E-state index contributed by atoms with van der Waals surface area (Å²) in [5.74, 6) is 0.100. The molecule has 0 unspecified atom stereocenters. The number of halogens is 1. The van der Waals surface area contributed by atoms with Gasteiger partial charge in [-0.1, -0.05) is 22.0 Å². The minimum atomic E-state index is 0.100. The number of hydrogen-bond acceptors (Lipinski definition) is 2. The van der Waals surface area contributed by atoms with Crippen LogP contribution in [0.4, 0.5) is 0 Å². The molecule has 0 bridgehead atoms. The predicted octanol–water partition coefficient (Wildman–Crippen LogP) is 3.18. The van der Waals surface area contributed by atoms with Crippen molar-refractivity contribution >= 4 is 21.8 Å². The van der Waals surface area contributed by atoms with Crippen molar-refractivity contribution in [1.82, 2.24) is 4.90 Å². The first-order chi connectivity index (χ1) is 9.11. The summed E-state index contributed by atoms with van der Waals surface area (Å²) in [6.45, 7) is 4.10. The molecule has 3 nitrogen and oxygen atoms in total. The monoisotopic (exact) mass is 323 g/mol. The molecule has 0 atom stereocenters. The first-order valence-corrected chi connectivity index (χ1v) is 7.13. The van der Waals surface area contributed by atoms with Crippen molar-refractivity contribution < 1.29 is 9.53 Å². The van der Waals surface area contributed by atoms with Gasteiger partial charge in [0.25, 0.3) is 5.91 Å². The van der Waals surface area contributed by atoms with Crippen molar-refractivity contribution in [3.8, 4) is 0 Å². The van der Waals surface area contributed by atoms with Gasteiger partial charge in [0.2, 0.25) is 0 Å². The Morgan fingerprint density at radius 2 is 2.26 bits per heavy atom. The standard InChI is InChI=1S/C15H18BrNO2/c1-11-9-13(3-4-14(11)16)15(18)17-7-5-12(6-8-17)10-19-2/h3-5,9H,6-8,10H2,1-2H3. The molecule has 0 aliphatic carbocycles. The van der Waals surface area contributed by atoms with E-state index in [0.717, 1.165) is 28.6 Å². The van der Waals surface area contributed by atoms with Crippen molar-refractivity contribution in [3.05, 3.63) is 45.4 Å². The number of benzene rings is 1. The first kappa shape index (κ1) is 14.3. The van der Waals surface area contributed by atoms with Gasteiger partial charge in [0.05, 0.1) is 6.61 Å². The number of methoxy groups -OCH3 is 1. The summed E-state index contributed by atoms with van der Waals surface area (Å²) in [5, 5.41) is 0. The second kappa shape index (κ2) is 6.35. The third kappa shape index (κ3) is 3.45. The van der Waals surface area contributed by atoms with Gasteiger partial charge < -0.3 is 9.64 Å². The Kier molecular flexibility index (Phi) is 4.77. The van der Waals surface area contributed by atoms with Crippen LogP contribution < -0.4 is 0 Å². The molecule has 1 aliphatic heterocycles. The largest absolute Gasteiger partial charge is 0.380 e. The van der Waals surface area contributed by atoms with Gasteiger partial charge in [0.15, 0.2) is 0 Å². The number of carbonyl (C=O) groups is 1. The van der Waals surface area contributed by atoms with Crippen molar-refractivity contribution in [2.75, 3.05) is 26.8 Å². The Labute approximate surface area is 122 Å². The third-order valence-corrected chi connectivity index (χ3v) is 4.21.